The van der Waals surface area contributed by atoms with Gasteiger partial charge in [-0.25, -0.2) is 4.98 Å². The van der Waals surface area contributed by atoms with E-state index < -0.39 is 0 Å². The Morgan fingerprint density at radius 3 is 2.44 bits per heavy atom. The number of rotatable bonds is 5. The molecule has 6 heteroatoms. The zero-order valence-corrected chi connectivity index (χ0v) is 15.5. The molecule has 0 saturated carbocycles. The molecule has 3 aromatic rings. The van der Waals surface area contributed by atoms with Crippen molar-refractivity contribution in [1.82, 2.24) is 19.9 Å². The molecule has 1 N–H and O–H groups in total. The molecule has 0 spiro atoms. The number of hydrogen-bond donors (Lipinski definition) is 1. The zero-order valence-electron chi connectivity index (χ0n) is 15.5. The summed E-state index contributed by atoms with van der Waals surface area (Å²) in [4.78, 5) is 18.6. The van der Waals surface area contributed by atoms with Gasteiger partial charge in [0.15, 0.2) is 0 Å². The van der Waals surface area contributed by atoms with Crippen LogP contribution in [0.1, 0.15) is 5.69 Å². The standard InChI is InChI=1S/C21H24N6/c1-26-11-13-27(14-12-26)21-24-19(17-7-3-2-4-8-17)15-20(25-21)23-16-18-9-5-6-10-22-18/h2-10,15H,11-14,16H2,1H3,(H,23,24,25). The van der Waals surface area contributed by atoms with Gasteiger partial charge in [0.05, 0.1) is 17.9 Å². The molecule has 3 heterocycles. The minimum absolute atomic E-state index is 0.633. The number of hydrogen-bond acceptors (Lipinski definition) is 6. The van der Waals surface area contributed by atoms with Crippen molar-refractivity contribution in [3.63, 3.8) is 0 Å². The van der Waals surface area contributed by atoms with E-state index >= 15 is 0 Å². The fourth-order valence-corrected chi connectivity index (χ4v) is 3.11. The summed E-state index contributed by atoms with van der Waals surface area (Å²) in [5.41, 5.74) is 3.01. The number of piperazine rings is 1. The highest BCUT2D eigenvalue weighted by molar-refractivity contribution is 5.64. The molecule has 0 atom stereocenters. The maximum atomic E-state index is 4.85. The van der Waals surface area contributed by atoms with Crippen LogP contribution in [-0.4, -0.2) is 53.1 Å². The number of aromatic nitrogens is 3. The summed E-state index contributed by atoms with van der Waals surface area (Å²) in [5.74, 6) is 1.61. The van der Waals surface area contributed by atoms with Gasteiger partial charge >= 0.3 is 0 Å². The molecule has 1 fully saturated rings. The van der Waals surface area contributed by atoms with E-state index in [4.69, 9.17) is 9.97 Å². The smallest absolute Gasteiger partial charge is 0.227 e. The molecular formula is C21H24N6. The molecule has 0 amide bonds. The lowest BCUT2D eigenvalue weighted by molar-refractivity contribution is 0.311. The molecule has 4 rings (SSSR count). The van der Waals surface area contributed by atoms with Gasteiger partial charge in [-0.2, -0.15) is 4.98 Å². The fourth-order valence-electron chi connectivity index (χ4n) is 3.11. The van der Waals surface area contributed by atoms with Crippen LogP contribution in [0.25, 0.3) is 11.3 Å². The van der Waals surface area contributed by atoms with Crippen molar-refractivity contribution < 1.29 is 0 Å². The zero-order chi connectivity index (χ0) is 18.5. The average Bonchev–Trinajstić information content (AvgIpc) is 2.74. The first-order chi connectivity index (χ1) is 13.3. The van der Waals surface area contributed by atoms with Crippen molar-refractivity contribution in [2.24, 2.45) is 0 Å². The van der Waals surface area contributed by atoms with Gasteiger partial charge in [0.1, 0.15) is 5.82 Å². The average molecular weight is 360 g/mol. The first-order valence-corrected chi connectivity index (χ1v) is 9.30. The quantitative estimate of drug-likeness (QED) is 0.755. The Bertz CT molecular complexity index is 860. The van der Waals surface area contributed by atoms with E-state index in [9.17, 15) is 0 Å². The van der Waals surface area contributed by atoms with E-state index in [1.807, 2.05) is 48.7 Å². The van der Waals surface area contributed by atoms with Gasteiger partial charge in [-0.05, 0) is 19.2 Å². The Morgan fingerprint density at radius 1 is 0.926 bits per heavy atom. The van der Waals surface area contributed by atoms with E-state index in [2.05, 4.69) is 39.3 Å². The van der Waals surface area contributed by atoms with Crippen LogP contribution in [0.5, 0.6) is 0 Å². The Kier molecular flexibility index (Phi) is 5.25. The number of nitrogens with zero attached hydrogens (tertiary/aromatic N) is 5. The number of benzene rings is 1. The highest BCUT2D eigenvalue weighted by Crippen LogP contribution is 2.23. The summed E-state index contributed by atoms with van der Waals surface area (Å²) in [7, 11) is 2.15. The van der Waals surface area contributed by atoms with Crippen LogP contribution >= 0.6 is 0 Å². The molecule has 138 valence electrons. The van der Waals surface area contributed by atoms with Crippen molar-refractivity contribution in [3.8, 4) is 11.3 Å². The van der Waals surface area contributed by atoms with Gasteiger partial charge in [0.2, 0.25) is 5.95 Å². The van der Waals surface area contributed by atoms with Crippen molar-refractivity contribution in [2.45, 2.75) is 6.54 Å². The van der Waals surface area contributed by atoms with Gasteiger partial charge in [-0.3, -0.25) is 4.98 Å². The first kappa shape index (κ1) is 17.4. The molecule has 1 aromatic carbocycles. The SMILES string of the molecule is CN1CCN(c2nc(NCc3ccccn3)cc(-c3ccccc3)n2)CC1. The molecule has 0 unspecified atom stereocenters. The summed E-state index contributed by atoms with van der Waals surface area (Å²) in [6.07, 6.45) is 1.81. The number of pyridine rings is 1. The highest BCUT2D eigenvalue weighted by atomic mass is 15.3. The minimum Gasteiger partial charge on any atom is -0.364 e. The molecular weight excluding hydrogens is 336 g/mol. The fraction of sp³-hybridized carbons (Fsp3) is 0.286. The van der Waals surface area contributed by atoms with Crippen molar-refractivity contribution in [2.75, 3.05) is 43.4 Å². The van der Waals surface area contributed by atoms with E-state index in [1.54, 1.807) is 0 Å². The lowest BCUT2D eigenvalue weighted by atomic mass is 10.1. The van der Waals surface area contributed by atoms with Gasteiger partial charge in [-0.1, -0.05) is 36.4 Å². The van der Waals surface area contributed by atoms with Crippen LogP contribution < -0.4 is 10.2 Å². The summed E-state index contributed by atoms with van der Waals surface area (Å²) in [6, 6.07) is 18.2. The molecule has 0 aliphatic carbocycles. The number of likely N-dealkylation sites (N-methyl/N-ethyl adjacent to an activating group) is 1. The Hall–Kier alpha value is -2.99. The number of nitrogens with one attached hydrogen (secondary N) is 1. The topological polar surface area (TPSA) is 57.2 Å². The second-order valence-corrected chi connectivity index (χ2v) is 6.77. The van der Waals surface area contributed by atoms with Crippen LogP contribution in [0.15, 0.2) is 60.8 Å². The van der Waals surface area contributed by atoms with Crippen LogP contribution in [-0.2, 0) is 6.54 Å². The summed E-state index contributed by atoms with van der Waals surface area (Å²) >= 11 is 0. The monoisotopic (exact) mass is 360 g/mol. The van der Waals surface area contributed by atoms with E-state index in [0.717, 1.165) is 54.9 Å². The Balaban J connectivity index is 1.62. The van der Waals surface area contributed by atoms with Gasteiger partial charge in [-0.15, -0.1) is 0 Å². The van der Waals surface area contributed by atoms with Crippen LogP contribution in [0.3, 0.4) is 0 Å². The molecule has 2 aromatic heterocycles. The van der Waals surface area contributed by atoms with Gasteiger partial charge in [0, 0.05) is 44.0 Å². The van der Waals surface area contributed by atoms with Gasteiger partial charge < -0.3 is 15.1 Å². The lowest BCUT2D eigenvalue weighted by Gasteiger charge is -2.32. The minimum atomic E-state index is 0.633. The van der Waals surface area contributed by atoms with E-state index in [-0.39, 0.29) is 0 Å². The first-order valence-electron chi connectivity index (χ1n) is 9.30. The normalized spacial score (nSPS) is 14.9. The van der Waals surface area contributed by atoms with Crippen molar-refractivity contribution >= 4 is 11.8 Å². The molecule has 1 aliphatic heterocycles. The van der Waals surface area contributed by atoms with Crippen molar-refractivity contribution in [1.29, 1.82) is 0 Å². The summed E-state index contributed by atoms with van der Waals surface area (Å²) in [6.45, 7) is 4.56. The third-order valence-electron chi connectivity index (χ3n) is 4.75. The predicted octanol–water partition coefficient (Wildman–Crippen LogP) is 2.90. The van der Waals surface area contributed by atoms with Crippen LogP contribution in [0, 0.1) is 0 Å². The largest absolute Gasteiger partial charge is 0.364 e. The maximum Gasteiger partial charge on any atom is 0.227 e. The Morgan fingerprint density at radius 2 is 1.70 bits per heavy atom. The molecule has 1 aliphatic rings. The molecule has 6 nitrogen and oxygen atoms in total. The third-order valence-corrected chi connectivity index (χ3v) is 4.75. The van der Waals surface area contributed by atoms with E-state index in [0.29, 0.717) is 6.54 Å². The molecule has 0 radical (unpaired) electrons. The molecule has 0 bridgehead atoms. The second-order valence-electron chi connectivity index (χ2n) is 6.77. The maximum absolute atomic E-state index is 4.85. The predicted molar refractivity (Wildman–Crippen MR) is 109 cm³/mol. The lowest BCUT2D eigenvalue weighted by Crippen LogP contribution is -2.45. The van der Waals surface area contributed by atoms with Crippen LogP contribution in [0.4, 0.5) is 11.8 Å². The second kappa shape index (κ2) is 8.14. The highest BCUT2D eigenvalue weighted by Gasteiger charge is 2.18. The summed E-state index contributed by atoms with van der Waals surface area (Å²) in [5, 5.41) is 3.41. The van der Waals surface area contributed by atoms with E-state index in [1.165, 1.54) is 0 Å². The number of anilines is 2. The molecule has 1 saturated heterocycles. The van der Waals surface area contributed by atoms with Gasteiger partial charge in [0.25, 0.3) is 0 Å². The third kappa shape index (κ3) is 4.41. The van der Waals surface area contributed by atoms with Crippen LogP contribution in [0.2, 0.25) is 0 Å². The summed E-state index contributed by atoms with van der Waals surface area (Å²) < 4.78 is 0. The molecule has 27 heavy (non-hydrogen) atoms. The Labute approximate surface area is 159 Å². The van der Waals surface area contributed by atoms with Crippen molar-refractivity contribution in [3.05, 3.63) is 66.5 Å².